The van der Waals surface area contributed by atoms with E-state index in [2.05, 4.69) is 0 Å². The van der Waals surface area contributed by atoms with E-state index in [-0.39, 0.29) is 5.56 Å². The molecule has 0 bridgehead atoms. The molecule has 0 aliphatic rings. The van der Waals surface area contributed by atoms with Crippen LogP contribution in [0.2, 0.25) is 0 Å². The fourth-order valence-corrected chi connectivity index (χ4v) is 1.31. The molecule has 0 saturated carbocycles. The molecule has 0 aliphatic heterocycles. The van der Waals surface area contributed by atoms with Crippen LogP contribution in [-0.4, -0.2) is 31.1 Å². The zero-order valence-electron chi connectivity index (χ0n) is 10.5. The first-order chi connectivity index (χ1) is 8.95. The molecule has 19 heavy (non-hydrogen) atoms. The number of nitrogens with two attached hydrogens (primary N) is 1. The predicted octanol–water partition coefficient (Wildman–Crippen LogP) is 0.435. The molecule has 1 aromatic carbocycles. The van der Waals surface area contributed by atoms with Crippen molar-refractivity contribution in [3.8, 4) is 5.75 Å². The second kappa shape index (κ2) is 6.39. The van der Waals surface area contributed by atoms with Gasteiger partial charge in [-0.2, -0.15) is 0 Å². The Kier molecular flexibility index (Phi) is 4.87. The highest BCUT2D eigenvalue weighted by atomic mass is 16.5. The second-order valence-corrected chi connectivity index (χ2v) is 3.60. The van der Waals surface area contributed by atoms with Crippen LogP contribution in [0.4, 0.5) is 4.79 Å². The highest BCUT2D eigenvalue weighted by Gasteiger charge is 2.21. The molecular formula is C12H14N2O5. The number of esters is 1. The van der Waals surface area contributed by atoms with Gasteiger partial charge >= 0.3 is 12.0 Å². The van der Waals surface area contributed by atoms with Gasteiger partial charge in [-0.3, -0.25) is 10.1 Å². The van der Waals surface area contributed by atoms with Gasteiger partial charge < -0.3 is 15.2 Å². The van der Waals surface area contributed by atoms with Crippen LogP contribution in [0, 0.1) is 0 Å². The van der Waals surface area contributed by atoms with Crippen LogP contribution in [-0.2, 0) is 9.53 Å². The third kappa shape index (κ3) is 3.98. The SMILES string of the molecule is COc1ccccc1C(=O)OC(C)C(=O)NC(N)=O. The number of carbonyl (C=O) groups excluding carboxylic acids is 3. The van der Waals surface area contributed by atoms with Crippen molar-refractivity contribution in [2.75, 3.05) is 7.11 Å². The van der Waals surface area contributed by atoms with Crippen molar-refractivity contribution in [3.63, 3.8) is 0 Å². The number of nitrogens with one attached hydrogen (secondary N) is 1. The maximum atomic E-state index is 11.8. The van der Waals surface area contributed by atoms with Gasteiger partial charge in [0.15, 0.2) is 6.10 Å². The predicted molar refractivity (Wildman–Crippen MR) is 65.6 cm³/mol. The summed E-state index contributed by atoms with van der Waals surface area (Å²) in [4.78, 5) is 33.7. The van der Waals surface area contributed by atoms with Gasteiger partial charge in [0.25, 0.3) is 5.91 Å². The lowest BCUT2D eigenvalue weighted by atomic mass is 10.2. The van der Waals surface area contributed by atoms with Crippen molar-refractivity contribution in [2.24, 2.45) is 5.73 Å². The van der Waals surface area contributed by atoms with Gasteiger partial charge in [0.05, 0.1) is 7.11 Å². The molecule has 0 spiro atoms. The molecule has 0 aliphatic carbocycles. The van der Waals surface area contributed by atoms with Gasteiger partial charge in [-0.25, -0.2) is 9.59 Å². The third-order valence-electron chi connectivity index (χ3n) is 2.23. The summed E-state index contributed by atoms with van der Waals surface area (Å²) in [6.45, 7) is 1.32. The average Bonchev–Trinajstić information content (AvgIpc) is 2.37. The minimum absolute atomic E-state index is 0.184. The Morgan fingerprint density at radius 3 is 2.47 bits per heavy atom. The molecule has 3 amide bonds. The smallest absolute Gasteiger partial charge is 0.342 e. The summed E-state index contributed by atoms with van der Waals surface area (Å²) in [5, 5.41) is 1.82. The molecule has 0 fully saturated rings. The van der Waals surface area contributed by atoms with Gasteiger partial charge in [0.1, 0.15) is 11.3 Å². The Labute approximate surface area is 109 Å². The minimum atomic E-state index is -1.15. The molecule has 0 radical (unpaired) electrons. The Morgan fingerprint density at radius 2 is 1.89 bits per heavy atom. The van der Waals surface area contributed by atoms with Gasteiger partial charge in [0, 0.05) is 0 Å². The van der Waals surface area contributed by atoms with Gasteiger partial charge in [-0.15, -0.1) is 0 Å². The molecule has 1 aromatic rings. The van der Waals surface area contributed by atoms with E-state index in [1.54, 1.807) is 18.2 Å². The van der Waals surface area contributed by atoms with E-state index in [0.29, 0.717) is 5.75 Å². The number of carbonyl (C=O) groups is 3. The first-order valence-electron chi connectivity index (χ1n) is 5.40. The molecule has 1 rings (SSSR count). The number of hydrogen-bond acceptors (Lipinski definition) is 5. The van der Waals surface area contributed by atoms with Crippen LogP contribution in [0.5, 0.6) is 5.75 Å². The fourth-order valence-electron chi connectivity index (χ4n) is 1.31. The number of ether oxygens (including phenoxy) is 2. The molecule has 1 unspecified atom stereocenters. The number of para-hydroxylation sites is 1. The zero-order chi connectivity index (χ0) is 14.4. The molecule has 7 nitrogen and oxygen atoms in total. The van der Waals surface area contributed by atoms with E-state index in [1.807, 2.05) is 5.32 Å². The van der Waals surface area contributed by atoms with Crippen LogP contribution >= 0.6 is 0 Å². The van der Waals surface area contributed by atoms with Crippen LogP contribution < -0.4 is 15.8 Å². The van der Waals surface area contributed by atoms with Crippen molar-refractivity contribution < 1.29 is 23.9 Å². The Morgan fingerprint density at radius 1 is 1.26 bits per heavy atom. The Hall–Kier alpha value is -2.57. The van der Waals surface area contributed by atoms with Gasteiger partial charge in [-0.1, -0.05) is 12.1 Å². The van der Waals surface area contributed by atoms with Crippen molar-refractivity contribution in [1.29, 1.82) is 0 Å². The van der Waals surface area contributed by atoms with Gasteiger partial charge in [0.2, 0.25) is 0 Å². The molecule has 7 heteroatoms. The molecule has 1 atom stereocenters. The van der Waals surface area contributed by atoms with Crippen LogP contribution in [0.25, 0.3) is 0 Å². The molecule has 0 aromatic heterocycles. The van der Waals surface area contributed by atoms with Crippen LogP contribution in [0.15, 0.2) is 24.3 Å². The summed E-state index contributed by atoms with van der Waals surface area (Å²) < 4.78 is 9.90. The zero-order valence-corrected chi connectivity index (χ0v) is 10.5. The summed E-state index contributed by atoms with van der Waals surface area (Å²) >= 11 is 0. The van der Waals surface area contributed by atoms with Crippen molar-refractivity contribution >= 4 is 17.9 Å². The van der Waals surface area contributed by atoms with E-state index in [1.165, 1.54) is 20.1 Å². The van der Waals surface area contributed by atoms with E-state index in [9.17, 15) is 14.4 Å². The van der Waals surface area contributed by atoms with E-state index < -0.39 is 24.0 Å². The lowest BCUT2D eigenvalue weighted by Crippen LogP contribution is -2.42. The summed E-state index contributed by atoms with van der Waals surface area (Å²) in [6.07, 6.45) is -1.15. The average molecular weight is 266 g/mol. The number of hydrogen-bond donors (Lipinski definition) is 2. The Bertz CT molecular complexity index is 501. The third-order valence-corrected chi connectivity index (χ3v) is 2.23. The number of primary amides is 1. The molecule has 3 N–H and O–H groups in total. The molecular weight excluding hydrogens is 252 g/mol. The van der Waals surface area contributed by atoms with E-state index in [4.69, 9.17) is 15.2 Å². The number of methoxy groups -OCH3 is 1. The number of amides is 3. The number of rotatable bonds is 4. The highest BCUT2D eigenvalue weighted by molar-refractivity contribution is 5.98. The number of imide groups is 1. The summed E-state index contributed by atoms with van der Waals surface area (Å²) in [5.41, 5.74) is 4.97. The quantitative estimate of drug-likeness (QED) is 0.768. The molecule has 102 valence electrons. The summed E-state index contributed by atoms with van der Waals surface area (Å²) in [6, 6.07) is 5.40. The van der Waals surface area contributed by atoms with Crippen molar-refractivity contribution in [1.82, 2.24) is 5.32 Å². The summed E-state index contributed by atoms with van der Waals surface area (Å²) in [5.74, 6) is -1.20. The topological polar surface area (TPSA) is 108 Å². The Balaban J connectivity index is 2.74. The lowest BCUT2D eigenvalue weighted by molar-refractivity contribution is -0.127. The van der Waals surface area contributed by atoms with Gasteiger partial charge in [-0.05, 0) is 19.1 Å². The maximum Gasteiger partial charge on any atom is 0.342 e. The largest absolute Gasteiger partial charge is 0.496 e. The number of urea groups is 1. The number of benzene rings is 1. The highest BCUT2D eigenvalue weighted by Crippen LogP contribution is 2.18. The molecule has 0 saturated heterocycles. The lowest BCUT2D eigenvalue weighted by Gasteiger charge is -2.13. The second-order valence-electron chi connectivity index (χ2n) is 3.60. The minimum Gasteiger partial charge on any atom is -0.496 e. The van der Waals surface area contributed by atoms with Crippen molar-refractivity contribution in [3.05, 3.63) is 29.8 Å². The summed E-state index contributed by atoms with van der Waals surface area (Å²) in [7, 11) is 1.41. The fraction of sp³-hybridized carbons (Fsp3) is 0.250. The van der Waals surface area contributed by atoms with E-state index >= 15 is 0 Å². The standard InChI is InChI=1S/C12H14N2O5/c1-7(10(15)14-12(13)17)19-11(16)8-5-3-4-6-9(8)18-2/h3-7H,1-2H3,(H3,13,14,15,17). The van der Waals surface area contributed by atoms with E-state index in [0.717, 1.165) is 0 Å². The monoisotopic (exact) mass is 266 g/mol. The van der Waals surface area contributed by atoms with Crippen molar-refractivity contribution in [2.45, 2.75) is 13.0 Å². The maximum absolute atomic E-state index is 11.8. The first kappa shape index (κ1) is 14.5. The molecule has 0 heterocycles. The first-order valence-corrected chi connectivity index (χ1v) is 5.40. The van der Waals surface area contributed by atoms with Crippen LogP contribution in [0.1, 0.15) is 17.3 Å². The van der Waals surface area contributed by atoms with Crippen LogP contribution in [0.3, 0.4) is 0 Å². The normalized spacial score (nSPS) is 11.3.